The van der Waals surface area contributed by atoms with Gasteiger partial charge in [0.2, 0.25) is 5.91 Å². The number of hydrogen-bond acceptors (Lipinski definition) is 5. The van der Waals surface area contributed by atoms with E-state index in [1.54, 1.807) is 37.6 Å². The van der Waals surface area contributed by atoms with Gasteiger partial charge in [-0.25, -0.2) is 4.39 Å². The van der Waals surface area contributed by atoms with E-state index in [2.05, 4.69) is 21.6 Å². The number of nitrogens with zero attached hydrogens (tertiary/aromatic N) is 4. The van der Waals surface area contributed by atoms with E-state index in [0.717, 1.165) is 5.56 Å². The predicted molar refractivity (Wildman–Crippen MR) is 98.7 cm³/mol. The van der Waals surface area contributed by atoms with E-state index in [1.165, 1.54) is 23.9 Å². The van der Waals surface area contributed by atoms with Gasteiger partial charge >= 0.3 is 0 Å². The molecule has 2 aromatic rings. The van der Waals surface area contributed by atoms with Crippen molar-refractivity contribution in [2.45, 2.75) is 43.6 Å². The van der Waals surface area contributed by atoms with Gasteiger partial charge in [-0.05, 0) is 44.0 Å². The van der Waals surface area contributed by atoms with E-state index in [1.807, 2.05) is 13.8 Å². The standard InChI is InChI=1S/C18H22FN5OS/c1-11(2)18(4,10-20)21-16(25)12(3)26-17-23-22-15(24(17)5)13-6-8-14(19)9-7-13/h6-9,11-12H,1-5H3,(H,21,25)/t12-,18+/m0/s1. The Balaban J connectivity index is 2.13. The first kappa shape index (κ1) is 19.9. The van der Waals surface area contributed by atoms with Crippen molar-refractivity contribution in [3.8, 4) is 17.5 Å². The van der Waals surface area contributed by atoms with Gasteiger partial charge in [0.1, 0.15) is 11.4 Å². The van der Waals surface area contributed by atoms with Crippen LogP contribution >= 0.6 is 11.8 Å². The number of thioether (sulfide) groups is 1. The fourth-order valence-electron chi connectivity index (χ4n) is 2.14. The van der Waals surface area contributed by atoms with Gasteiger partial charge in [-0.2, -0.15) is 5.26 Å². The number of benzene rings is 1. The van der Waals surface area contributed by atoms with Crippen LogP contribution in [-0.2, 0) is 11.8 Å². The first-order valence-corrected chi connectivity index (χ1v) is 9.11. The second-order valence-corrected chi connectivity index (χ2v) is 7.90. The molecule has 0 saturated heterocycles. The van der Waals surface area contributed by atoms with Crippen LogP contribution in [0.3, 0.4) is 0 Å². The minimum absolute atomic E-state index is 0.0199. The number of hydrogen-bond donors (Lipinski definition) is 1. The summed E-state index contributed by atoms with van der Waals surface area (Å²) in [7, 11) is 1.79. The number of rotatable bonds is 6. The van der Waals surface area contributed by atoms with Gasteiger partial charge in [0.05, 0.1) is 11.3 Å². The topological polar surface area (TPSA) is 83.6 Å². The molecule has 0 fully saturated rings. The molecule has 1 N–H and O–H groups in total. The summed E-state index contributed by atoms with van der Waals surface area (Å²) in [6, 6.07) is 8.15. The smallest absolute Gasteiger partial charge is 0.234 e. The molecule has 0 aliphatic heterocycles. The van der Waals surface area contributed by atoms with Crippen LogP contribution in [0.15, 0.2) is 29.4 Å². The summed E-state index contributed by atoms with van der Waals surface area (Å²) in [5.74, 6) is 0.0123. The highest BCUT2D eigenvalue weighted by Crippen LogP contribution is 2.26. The van der Waals surface area contributed by atoms with Crippen LogP contribution in [0, 0.1) is 23.1 Å². The molecule has 0 spiro atoms. The minimum Gasteiger partial charge on any atom is -0.337 e. The van der Waals surface area contributed by atoms with E-state index >= 15 is 0 Å². The Bertz CT molecular complexity index is 827. The van der Waals surface area contributed by atoms with Crippen LogP contribution in [0.5, 0.6) is 0 Å². The van der Waals surface area contributed by atoms with Gasteiger partial charge in [-0.15, -0.1) is 10.2 Å². The number of carbonyl (C=O) groups is 1. The van der Waals surface area contributed by atoms with Gasteiger partial charge in [0.15, 0.2) is 11.0 Å². The van der Waals surface area contributed by atoms with Crippen LogP contribution in [-0.4, -0.2) is 31.5 Å². The Labute approximate surface area is 156 Å². The number of nitriles is 1. The molecule has 6 nitrogen and oxygen atoms in total. The summed E-state index contributed by atoms with van der Waals surface area (Å²) < 4.78 is 14.8. The average molecular weight is 375 g/mol. The number of carbonyl (C=O) groups excluding carboxylic acids is 1. The first-order chi connectivity index (χ1) is 12.2. The molecule has 1 amide bonds. The third kappa shape index (κ3) is 4.22. The Morgan fingerprint density at radius 3 is 2.46 bits per heavy atom. The van der Waals surface area contributed by atoms with Crippen molar-refractivity contribution in [1.29, 1.82) is 5.26 Å². The molecule has 1 aromatic carbocycles. The third-order valence-electron chi connectivity index (χ3n) is 4.36. The SMILES string of the molecule is CC(C)[C@@](C)(C#N)NC(=O)[C@H](C)Sc1nnc(-c2ccc(F)cc2)n1C. The predicted octanol–water partition coefficient (Wildman–Crippen LogP) is 3.16. The summed E-state index contributed by atoms with van der Waals surface area (Å²) in [6.07, 6.45) is 0. The van der Waals surface area contributed by atoms with Crippen molar-refractivity contribution in [2.24, 2.45) is 13.0 Å². The molecule has 8 heteroatoms. The summed E-state index contributed by atoms with van der Waals surface area (Å²) in [5, 5.41) is 20.5. The molecular weight excluding hydrogens is 353 g/mol. The van der Waals surface area contributed by atoms with Crippen molar-refractivity contribution in [3.63, 3.8) is 0 Å². The summed E-state index contributed by atoms with van der Waals surface area (Å²) in [6.45, 7) is 7.24. The molecule has 0 saturated carbocycles. The summed E-state index contributed by atoms with van der Waals surface area (Å²) >= 11 is 1.25. The van der Waals surface area contributed by atoms with E-state index in [-0.39, 0.29) is 17.6 Å². The van der Waals surface area contributed by atoms with Gasteiger partial charge in [-0.1, -0.05) is 25.6 Å². The molecule has 0 aliphatic carbocycles. The highest BCUT2D eigenvalue weighted by Gasteiger charge is 2.32. The molecule has 138 valence electrons. The lowest BCUT2D eigenvalue weighted by molar-refractivity contribution is -0.121. The first-order valence-electron chi connectivity index (χ1n) is 8.23. The lowest BCUT2D eigenvalue weighted by Gasteiger charge is -2.28. The quantitative estimate of drug-likeness (QED) is 0.784. The van der Waals surface area contributed by atoms with E-state index < -0.39 is 10.8 Å². The van der Waals surface area contributed by atoms with Crippen LogP contribution < -0.4 is 5.32 Å². The molecular formula is C18H22FN5OS. The number of aromatic nitrogens is 3. The number of halogens is 1. The minimum atomic E-state index is -0.926. The molecule has 1 aromatic heterocycles. The zero-order valence-corrected chi connectivity index (χ0v) is 16.3. The zero-order chi connectivity index (χ0) is 19.5. The van der Waals surface area contributed by atoms with Crippen LogP contribution in [0.4, 0.5) is 4.39 Å². The Morgan fingerprint density at radius 1 is 1.31 bits per heavy atom. The lowest BCUT2D eigenvalue weighted by Crippen LogP contribution is -2.51. The Hall–Kier alpha value is -2.40. The van der Waals surface area contributed by atoms with Crippen molar-refractivity contribution >= 4 is 17.7 Å². The molecule has 0 radical (unpaired) electrons. The molecule has 0 aliphatic rings. The molecule has 26 heavy (non-hydrogen) atoms. The Morgan fingerprint density at radius 2 is 1.92 bits per heavy atom. The fourth-order valence-corrected chi connectivity index (χ4v) is 2.95. The fraction of sp³-hybridized carbons (Fsp3) is 0.444. The van der Waals surface area contributed by atoms with Gasteiger partial charge in [-0.3, -0.25) is 4.79 Å². The lowest BCUT2D eigenvalue weighted by atomic mass is 9.90. The largest absolute Gasteiger partial charge is 0.337 e. The van der Waals surface area contributed by atoms with Crippen LogP contribution in [0.25, 0.3) is 11.4 Å². The van der Waals surface area contributed by atoms with Gasteiger partial charge < -0.3 is 9.88 Å². The van der Waals surface area contributed by atoms with Gasteiger partial charge in [0, 0.05) is 12.6 Å². The van der Waals surface area contributed by atoms with E-state index in [4.69, 9.17) is 0 Å². The number of nitrogens with one attached hydrogen (secondary N) is 1. The molecule has 1 heterocycles. The zero-order valence-electron chi connectivity index (χ0n) is 15.4. The molecule has 0 unspecified atom stereocenters. The Kier molecular flexibility index (Phi) is 6.03. The maximum absolute atomic E-state index is 13.1. The third-order valence-corrected chi connectivity index (χ3v) is 5.49. The van der Waals surface area contributed by atoms with Crippen molar-refractivity contribution in [1.82, 2.24) is 20.1 Å². The van der Waals surface area contributed by atoms with Crippen molar-refractivity contribution < 1.29 is 9.18 Å². The second kappa shape index (κ2) is 7.87. The van der Waals surface area contributed by atoms with Crippen LogP contribution in [0.1, 0.15) is 27.7 Å². The monoisotopic (exact) mass is 375 g/mol. The molecule has 2 rings (SSSR count). The van der Waals surface area contributed by atoms with Crippen LogP contribution in [0.2, 0.25) is 0 Å². The maximum atomic E-state index is 13.1. The molecule has 2 atom stereocenters. The molecule has 0 bridgehead atoms. The normalized spacial score (nSPS) is 14.5. The highest BCUT2D eigenvalue weighted by molar-refractivity contribution is 8.00. The van der Waals surface area contributed by atoms with E-state index in [9.17, 15) is 14.4 Å². The maximum Gasteiger partial charge on any atom is 0.234 e. The second-order valence-electron chi connectivity index (χ2n) is 6.59. The summed E-state index contributed by atoms with van der Waals surface area (Å²) in [5.41, 5.74) is -0.187. The highest BCUT2D eigenvalue weighted by atomic mass is 32.2. The van der Waals surface area contributed by atoms with Gasteiger partial charge in [0.25, 0.3) is 0 Å². The van der Waals surface area contributed by atoms with Crippen molar-refractivity contribution in [3.05, 3.63) is 30.1 Å². The van der Waals surface area contributed by atoms with Crippen molar-refractivity contribution in [2.75, 3.05) is 0 Å². The number of amides is 1. The average Bonchev–Trinajstić information content (AvgIpc) is 2.96. The summed E-state index contributed by atoms with van der Waals surface area (Å²) in [4.78, 5) is 12.5. The van der Waals surface area contributed by atoms with E-state index in [0.29, 0.717) is 11.0 Å².